The predicted octanol–water partition coefficient (Wildman–Crippen LogP) is 4.31. The third kappa shape index (κ3) is 3.92. The summed E-state index contributed by atoms with van der Waals surface area (Å²) >= 11 is 0. The van der Waals surface area contributed by atoms with Crippen molar-refractivity contribution in [2.45, 2.75) is 6.92 Å². The smallest absolute Gasteiger partial charge is 0.159 e. The van der Waals surface area contributed by atoms with Crippen LogP contribution in [0.5, 0.6) is 0 Å². The number of halogens is 1. The van der Waals surface area contributed by atoms with Gasteiger partial charge in [0.15, 0.2) is 5.78 Å². The Hall–Kier alpha value is -3.28. The molecular formula is C18H15FN4O. The molecule has 0 radical (unpaired) electrons. The summed E-state index contributed by atoms with van der Waals surface area (Å²) in [6, 6.07) is 14.9. The molecule has 0 amide bonds. The largest absolute Gasteiger partial charge is 0.340 e. The number of ketones is 1. The van der Waals surface area contributed by atoms with Crippen LogP contribution in [0, 0.1) is 5.82 Å². The summed E-state index contributed by atoms with van der Waals surface area (Å²) < 4.78 is 13.2. The first-order valence-electron chi connectivity index (χ1n) is 7.33. The van der Waals surface area contributed by atoms with Crippen LogP contribution in [-0.4, -0.2) is 15.8 Å². The average Bonchev–Trinajstić information content (AvgIpc) is 2.56. The van der Waals surface area contributed by atoms with Crippen molar-refractivity contribution in [1.29, 1.82) is 0 Å². The van der Waals surface area contributed by atoms with Crippen molar-refractivity contribution in [2.24, 2.45) is 0 Å². The van der Waals surface area contributed by atoms with Crippen molar-refractivity contribution >= 4 is 28.8 Å². The molecule has 1 aromatic heterocycles. The predicted molar refractivity (Wildman–Crippen MR) is 91.4 cm³/mol. The zero-order valence-corrected chi connectivity index (χ0v) is 13.0. The molecular weight excluding hydrogens is 307 g/mol. The van der Waals surface area contributed by atoms with E-state index in [9.17, 15) is 9.18 Å². The molecule has 0 bridgehead atoms. The molecule has 120 valence electrons. The Kier molecular flexibility index (Phi) is 4.47. The van der Waals surface area contributed by atoms with E-state index in [0.717, 1.165) is 5.69 Å². The maximum absolute atomic E-state index is 13.2. The van der Waals surface area contributed by atoms with E-state index in [0.29, 0.717) is 22.9 Å². The topological polar surface area (TPSA) is 66.9 Å². The Morgan fingerprint density at radius 1 is 0.917 bits per heavy atom. The van der Waals surface area contributed by atoms with Crippen molar-refractivity contribution < 1.29 is 9.18 Å². The second-order valence-corrected chi connectivity index (χ2v) is 5.18. The summed E-state index contributed by atoms with van der Waals surface area (Å²) in [7, 11) is 0. The summed E-state index contributed by atoms with van der Waals surface area (Å²) in [5.74, 6) is 0.820. The highest BCUT2D eigenvalue weighted by atomic mass is 19.1. The number of rotatable bonds is 5. The van der Waals surface area contributed by atoms with Crippen LogP contribution in [0.25, 0.3) is 0 Å². The minimum atomic E-state index is -0.321. The van der Waals surface area contributed by atoms with Gasteiger partial charge in [0.1, 0.15) is 23.8 Å². The number of Topliss-reactive ketones (excluding diaryl/α,β-unsaturated/α-hetero) is 1. The highest BCUT2D eigenvalue weighted by Gasteiger charge is 2.03. The van der Waals surface area contributed by atoms with E-state index >= 15 is 0 Å². The number of aromatic nitrogens is 2. The lowest BCUT2D eigenvalue weighted by molar-refractivity contribution is 0.101. The van der Waals surface area contributed by atoms with Crippen LogP contribution in [0.3, 0.4) is 0 Å². The zero-order valence-electron chi connectivity index (χ0n) is 13.0. The van der Waals surface area contributed by atoms with Crippen LogP contribution in [0.1, 0.15) is 17.3 Å². The van der Waals surface area contributed by atoms with Gasteiger partial charge in [-0.2, -0.15) is 0 Å². The summed E-state index contributed by atoms with van der Waals surface area (Å²) in [6.07, 6.45) is 1.41. The summed E-state index contributed by atoms with van der Waals surface area (Å²) in [5.41, 5.74) is 2.05. The van der Waals surface area contributed by atoms with E-state index in [-0.39, 0.29) is 11.6 Å². The molecule has 5 nitrogen and oxygen atoms in total. The Bertz CT molecular complexity index is 865. The van der Waals surface area contributed by atoms with Gasteiger partial charge in [-0.05, 0) is 49.4 Å². The molecule has 3 aromatic rings. The average molecular weight is 322 g/mol. The standard InChI is InChI=1S/C18H15FN4O/c1-12(24)13-5-7-15(8-6-13)22-17-10-18(21-11-20-17)23-16-4-2-3-14(19)9-16/h2-11H,1H3,(H2,20,21,22,23). The van der Waals surface area contributed by atoms with Crippen molar-refractivity contribution in [2.75, 3.05) is 10.6 Å². The fraction of sp³-hybridized carbons (Fsp3) is 0.0556. The number of hydrogen-bond acceptors (Lipinski definition) is 5. The van der Waals surface area contributed by atoms with Gasteiger partial charge in [-0.1, -0.05) is 6.07 Å². The van der Waals surface area contributed by atoms with Crippen LogP contribution in [0.2, 0.25) is 0 Å². The lowest BCUT2D eigenvalue weighted by Crippen LogP contribution is -1.99. The van der Waals surface area contributed by atoms with Crippen molar-refractivity contribution in [1.82, 2.24) is 9.97 Å². The van der Waals surface area contributed by atoms with Gasteiger partial charge in [0.25, 0.3) is 0 Å². The van der Waals surface area contributed by atoms with Crippen LogP contribution in [0.4, 0.5) is 27.4 Å². The molecule has 2 N–H and O–H groups in total. The summed E-state index contributed by atoms with van der Waals surface area (Å²) in [4.78, 5) is 19.5. The van der Waals surface area contributed by atoms with Crippen molar-refractivity contribution in [3.05, 3.63) is 72.3 Å². The molecule has 0 aliphatic carbocycles. The third-order valence-corrected chi connectivity index (χ3v) is 3.33. The maximum atomic E-state index is 13.2. The molecule has 6 heteroatoms. The first kappa shape index (κ1) is 15.6. The van der Waals surface area contributed by atoms with Crippen molar-refractivity contribution in [3.8, 4) is 0 Å². The lowest BCUT2D eigenvalue weighted by atomic mass is 10.1. The molecule has 0 fully saturated rings. The highest BCUT2D eigenvalue weighted by molar-refractivity contribution is 5.94. The van der Waals surface area contributed by atoms with Crippen molar-refractivity contribution in [3.63, 3.8) is 0 Å². The fourth-order valence-corrected chi connectivity index (χ4v) is 2.14. The molecule has 0 unspecified atom stereocenters. The molecule has 0 saturated carbocycles. The maximum Gasteiger partial charge on any atom is 0.159 e. The number of carbonyl (C=O) groups excluding carboxylic acids is 1. The Balaban J connectivity index is 1.74. The lowest BCUT2D eigenvalue weighted by Gasteiger charge is -2.09. The van der Waals surface area contributed by atoms with Crippen LogP contribution < -0.4 is 10.6 Å². The SMILES string of the molecule is CC(=O)c1ccc(Nc2cc(Nc3cccc(F)c3)ncn2)cc1. The quantitative estimate of drug-likeness (QED) is 0.685. The van der Waals surface area contributed by atoms with Gasteiger partial charge in [-0.3, -0.25) is 4.79 Å². The fourth-order valence-electron chi connectivity index (χ4n) is 2.14. The minimum Gasteiger partial charge on any atom is -0.340 e. The van der Waals surface area contributed by atoms with E-state index in [1.807, 2.05) is 0 Å². The number of nitrogens with zero attached hydrogens (tertiary/aromatic N) is 2. The molecule has 0 spiro atoms. The van der Waals surface area contributed by atoms with Gasteiger partial charge >= 0.3 is 0 Å². The number of benzene rings is 2. The second kappa shape index (κ2) is 6.87. The van der Waals surface area contributed by atoms with Crippen LogP contribution in [0.15, 0.2) is 60.9 Å². The molecule has 0 aliphatic rings. The van der Waals surface area contributed by atoms with Crippen LogP contribution >= 0.6 is 0 Å². The third-order valence-electron chi connectivity index (χ3n) is 3.33. The summed E-state index contributed by atoms with van der Waals surface area (Å²) in [5, 5.41) is 6.15. The molecule has 2 aromatic carbocycles. The monoisotopic (exact) mass is 322 g/mol. The number of nitrogens with one attached hydrogen (secondary N) is 2. The molecule has 1 heterocycles. The van der Waals surface area contributed by atoms with Gasteiger partial charge in [0, 0.05) is 23.0 Å². The van der Waals surface area contributed by atoms with E-state index in [2.05, 4.69) is 20.6 Å². The highest BCUT2D eigenvalue weighted by Crippen LogP contribution is 2.20. The number of anilines is 4. The second-order valence-electron chi connectivity index (χ2n) is 5.18. The Morgan fingerprint density at radius 2 is 1.58 bits per heavy atom. The van der Waals surface area contributed by atoms with E-state index < -0.39 is 0 Å². The number of hydrogen-bond donors (Lipinski definition) is 2. The van der Waals surface area contributed by atoms with E-state index in [4.69, 9.17) is 0 Å². The van der Waals surface area contributed by atoms with Gasteiger partial charge in [-0.25, -0.2) is 14.4 Å². The van der Waals surface area contributed by atoms with Gasteiger partial charge in [0.2, 0.25) is 0 Å². The van der Waals surface area contributed by atoms with Gasteiger partial charge < -0.3 is 10.6 Å². The molecule has 0 aliphatic heterocycles. The first-order chi connectivity index (χ1) is 11.6. The Morgan fingerprint density at radius 3 is 2.21 bits per heavy atom. The number of carbonyl (C=O) groups is 1. The Labute approximate surface area is 138 Å². The first-order valence-corrected chi connectivity index (χ1v) is 7.33. The van der Waals surface area contributed by atoms with Gasteiger partial charge in [0.05, 0.1) is 0 Å². The normalized spacial score (nSPS) is 10.2. The van der Waals surface area contributed by atoms with E-state index in [1.165, 1.54) is 25.4 Å². The minimum absolute atomic E-state index is 0.0187. The zero-order chi connectivity index (χ0) is 16.9. The van der Waals surface area contributed by atoms with E-state index in [1.54, 1.807) is 42.5 Å². The molecule has 3 rings (SSSR count). The molecule has 0 atom stereocenters. The molecule has 24 heavy (non-hydrogen) atoms. The summed E-state index contributed by atoms with van der Waals surface area (Å²) in [6.45, 7) is 1.53. The van der Waals surface area contributed by atoms with Crippen LogP contribution in [-0.2, 0) is 0 Å². The van der Waals surface area contributed by atoms with Gasteiger partial charge in [-0.15, -0.1) is 0 Å². The molecule has 0 saturated heterocycles.